The van der Waals surface area contributed by atoms with Gasteiger partial charge >= 0.3 is 11.8 Å². The predicted octanol–water partition coefficient (Wildman–Crippen LogP) is 2.08. The van der Waals surface area contributed by atoms with E-state index in [0.29, 0.717) is 19.6 Å². The maximum Gasteiger partial charge on any atom is 0.313 e. The molecule has 0 atom stereocenters. The molecular formula is C12H14Cl2N2O3. The second-order valence-electron chi connectivity index (χ2n) is 3.65. The third-order valence-electron chi connectivity index (χ3n) is 2.22. The van der Waals surface area contributed by atoms with Gasteiger partial charge in [-0.25, -0.2) is 0 Å². The number of methoxy groups -OCH3 is 1. The van der Waals surface area contributed by atoms with Crippen molar-refractivity contribution >= 4 is 40.7 Å². The molecule has 0 aliphatic rings. The Kier molecular flexibility index (Phi) is 6.62. The van der Waals surface area contributed by atoms with Gasteiger partial charge in [0.25, 0.3) is 0 Å². The van der Waals surface area contributed by atoms with Crippen molar-refractivity contribution in [2.45, 2.75) is 6.42 Å². The van der Waals surface area contributed by atoms with Gasteiger partial charge in [-0.3, -0.25) is 9.59 Å². The Morgan fingerprint density at radius 2 is 1.84 bits per heavy atom. The highest BCUT2D eigenvalue weighted by Gasteiger charge is 2.16. The van der Waals surface area contributed by atoms with Gasteiger partial charge in [0.2, 0.25) is 0 Å². The molecule has 0 spiro atoms. The van der Waals surface area contributed by atoms with E-state index in [9.17, 15) is 9.59 Å². The summed E-state index contributed by atoms with van der Waals surface area (Å²) >= 11 is 11.8. The summed E-state index contributed by atoms with van der Waals surface area (Å²) in [5.41, 5.74) is 0.225. The van der Waals surface area contributed by atoms with E-state index in [-0.39, 0.29) is 15.7 Å². The van der Waals surface area contributed by atoms with Crippen molar-refractivity contribution in [2.24, 2.45) is 0 Å². The van der Waals surface area contributed by atoms with Crippen LogP contribution in [-0.4, -0.2) is 32.1 Å². The highest BCUT2D eigenvalue weighted by Crippen LogP contribution is 2.29. The molecule has 0 saturated heterocycles. The minimum atomic E-state index is -0.813. The molecule has 0 unspecified atom stereocenters. The van der Waals surface area contributed by atoms with Crippen molar-refractivity contribution in [3.63, 3.8) is 0 Å². The molecule has 5 nitrogen and oxygen atoms in total. The van der Waals surface area contributed by atoms with Crippen LogP contribution in [0.25, 0.3) is 0 Å². The van der Waals surface area contributed by atoms with Crippen molar-refractivity contribution in [1.82, 2.24) is 5.32 Å². The molecule has 0 aliphatic heterocycles. The van der Waals surface area contributed by atoms with Crippen LogP contribution in [0.2, 0.25) is 10.0 Å². The van der Waals surface area contributed by atoms with E-state index < -0.39 is 11.8 Å². The molecule has 0 heterocycles. The summed E-state index contributed by atoms with van der Waals surface area (Å²) in [5, 5.41) is 5.37. The van der Waals surface area contributed by atoms with Crippen LogP contribution in [-0.2, 0) is 14.3 Å². The lowest BCUT2D eigenvalue weighted by Gasteiger charge is -2.09. The van der Waals surface area contributed by atoms with Crippen molar-refractivity contribution in [1.29, 1.82) is 0 Å². The molecule has 0 aromatic heterocycles. The second-order valence-corrected chi connectivity index (χ2v) is 4.47. The average Bonchev–Trinajstić information content (AvgIpc) is 2.38. The van der Waals surface area contributed by atoms with Crippen LogP contribution in [0.3, 0.4) is 0 Å². The Morgan fingerprint density at radius 1 is 1.21 bits per heavy atom. The van der Waals surface area contributed by atoms with E-state index in [1.807, 2.05) is 0 Å². The molecule has 1 rings (SSSR count). The van der Waals surface area contributed by atoms with Gasteiger partial charge in [-0.1, -0.05) is 29.3 Å². The Bertz CT molecular complexity index is 446. The first-order chi connectivity index (χ1) is 9.06. The highest BCUT2D eigenvalue weighted by atomic mass is 35.5. The maximum atomic E-state index is 11.6. The minimum Gasteiger partial charge on any atom is -0.385 e. The SMILES string of the molecule is COCCCNC(=O)C(=O)Nc1c(Cl)cccc1Cl. The van der Waals surface area contributed by atoms with Crippen LogP contribution in [0.5, 0.6) is 0 Å². The van der Waals surface area contributed by atoms with Gasteiger partial charge in [0, 0.05) is 20.3 Å². The minimum absolute atomic E-state index is 0.225. The number of benzene rings is 1. The zero-order valence-corrected chi connectivity index (χ0v) is 11.8. The topological polar surface area (TPSA) is 67.4 Å². The summed E-state index contributed by atoms with van der Waals surface area (Å²) in [7, 11) is 1.56. The molecule has 0 aliphatic carbocycles. The number of hydrogen-bond acceptors (Lipinski definition) is 3. The number of hydrogen-bond donors (Lipinski definition) is 2. The van der Waals surface area contributed by atoms with Gasteiger partial charge in [0.05, 0.1) is 15.7 Å². The van der Waals surface area contributed by atoms with E-state index in [2.05, 4.69) is 10.6 Å². The van der Waals surface area contributed by atoms with E-state index in [1.54, 1.807) is 25.3 Å². The molecule has 0 fully saturated rings. The first-order valence-corrected chi connectivity index (χ1v) is 6.34. The Balaban J connectivity index is 2.52. The van der Waals surface area contributed by atoms with Gasteiger partial charge in [0.1, 0.15) is 0 Å². The molecule has 1 aromatic rings. The monoisotopic (exact) mass is 304 g/mol. The first kappa shape index (κ1) is 15.8. The number of anilines is 1. The second kappa shape index (κ2) is 7.99. The number of para-hydroxylation sites is 1. The van der Waals surface area contributed by atoms with Gasteiger partial charge in [-0.15, -0.1) is 0 Å². The summed E-state index contributed by atoms with van der Waals surface area (Å²) in [5.74, 6) is -1.56. The third kappa shape index (κ3) is 5.06. The highest BCUT2D eigenvalue weighted by molar-refractivity contribution is 6.44. The summed E-state index contributed by atoms with van der Waals surface area (Å²) < 4.78 is 4.82. The molecule has 2 amide bonds. The number of nitrogens with one attached hydrogen (secondary N) is 2. The van der Waals surface area contributed by atoms with E-state index in [1.165, 1.54) is 0 Å². The number of rotatable bonds is 5. The molecular weight excluding hydrogens is 291 g/mol. The van der Waals surface area contributed by atoms with Crippen LogP contribution >= 0.6 is 23.2 Å². The van der Waals surface area contributed by atoms with Crippen LogP contribution in [0.15, 0.2) is 18.2 Å². The molecule has 2 N–H and O–H groups in total. The zero-order valence-electron chi connectivity index (χ0n) is 10.3. The largest absolute Gasteiger partial charge is 0.385 e. The van der Waals surface area contributed by atoms with Crippen molar-refractivity contribution in [3.8, 4) is 0 Å². The smallest absolute Gasteiger partial charge is 0.313 e. The van der Waals surface area contributed by atoms with Crippen LogP contribution < -0.4 is 10.6 Å². The molecule has 0 bridgehead atoms. The van der Waals surface area contributed by atoms with Gasteiger partial charge < -0.3 is 15.4 Å². The Labute approximate surface area is 121 Å². The standard InChI is InChI=1S/C12H14Cl2N2O3/c1-19-7-3-6-15-11(17)12(18)16-10-8(13)4-2-5-9(10)14/h2,4-5H,3,6-7H2,1H3,(H,15,17)(H,16,18). The van der Waals surface area contributed by atoms with E-state index in [4.69, 9.17) is 27.9 Å². The molecule has 0 saturated carbocycles. The number of halogens is 2. The van der Waals surface area contributed by atoms with Crippen LogP contribution in [0.1, 0.15) is 6.42 Å². The van der Waals surface area contributed by atoms with Gasteiger partial charge in [-0.2, -0.15) is 0 Å². The number of carbonyl (C=O) groups is 2. The fourth-order valence-corrected chi connectivity index (χ4v) is 1.78. The average molecular weight is 305 g/mol. The summed E-state index contributed by atoms with van der Waals surface area (Å²) in [4.78, 5) is 23.1. The summed E-state index contributed by atoms with van der Waals surface area (Å²) in [6, 6.07) is 4.78. The lowest BCUT2D eigenvalue weighted by molar-refractivity contribution is -0.136. The molecule has 104 valence electrons. The number of carbonyl (C=O) groups excluding carboxylic acids is 2. The lowest BCUT2D eigenvalue weighted by atomic mass is 10.3. The van der Waals surface area contributed by atoms with Crippen molar-refractivity contribution in [3.05, 3.63) is 28.2 Å². The molecule has 1 aromatic carbocycles. The molecule has 7 heteroatoms. The maximum absolute atomic E-state index is 11.6. The third-order valence-corrected chi connectivity index (χ3v) is 2.85. The van der Waals surface area contributed by atoms with Gasteiger partial charge in [0.15, 0.2) is 0 Å². The quantitative estimate of drug-likeness (QED) is 0.646. The lowest BCUT2D eigenvalue weighted by Crippen LogP contribution is -2.36. The van der Waals surface area contributed by atoms with Crippen LogP contribution in [0, 0.1) is 0 Å². The first-order valence-electron chi connectivity index (χ1n) is 5.58. The Morgan fingerprint density at radius 3 is 2.42 bits per heavy atom. The molecule has 19 heavy (non-hydrogen) atoms. The number of ether oxygens (including phenoxy) is 1. The summed E-state index contributed by atoms with van der Waals surface area (Å²) in [6.07, 6.45) is 0.627. The van der Waals surface area contributed by atoms with Gasteiger partial charge in [-0.05, 0) is 18.6 Å². The van der Waals surface area contributed by atoms with Crippen molar-refractivity contribution in [2.75, 3.05) is 25.6 Å². The molecule has 0 radical (unpaired) electrons. The fraction of sp³-hybridized carbons (Fsp3) is 0.333. The fourth-order valence-electron chi connectivity index (χ4n) is 1.29. The predicted molar refractivity (Wildman–Crippen MR) is 74.6 cm³/mol. The van der Waals surface area contributed by atoms with Crippen LogP contribution in [0.4, 0.5) is 5.69 Å². The Hall–Kier alpha value is -1.30. The zero-order chi connectivity index (χ0) is 14.3. The normalized spacial score (nSPS) is 10.1. The summed E-state index contributed by atoms with van der Waals surface area (Å²) in [6.45, 7) is 0.870. The van der Waals surface area contributed by atoms with Crippen molar-refractivity contribution < 1.29 is 14.3 Å². The van der Waals surface area contributed by atoms with E-state index >= 15 is 0 Å². The van der Waals surface area contributed by atoms with E-state index in [0.717, 1.165) is 0 Å². The number of amides is 2.